The first-order valence-corrected chi connectivity index (χ1v) is 12.4. The van der Waals surface area contributed by atoms with Gasteiger partial charge in [-0.3, -0.25) is 4.90 Å². The molecule has 8 nitrogen and oxygen atoms in total. The number of aliphatic hydroxyl groups is 1. The van der Waals surface area contributed by atoms with Gasteiger partial charge in [0, 0.05) is 18.5 Å². The van der Waals surface area contributed by atoms with E-state index in [1.54, 1.807) is 21.3 Å². The van der Waals surface area contributed by atoms with Crippen LogP contribution in [0.4, 0.5) is 0 Å². The zero-order valence-electron chi connectivity index (χ0n) is 21.4. The summed E-state index contributed by atoms with van der Waals surface area (Å²) in [6.45, 7) is 0.964. The van der Waals surface area contributed by atoms with Crippen LogP contribution in [0, 0.1) is 0 Å². The largest absolute Gasteiger partial charge is 0.493 e. The molecule has 0 spiro atoms. The average molecular weight is 506 g/mol. The fraction of sp³-hybridized carbons (Fsp3) is 0.379. The van der Waals surface area contributed by atoms with Gasteiger partial charge in [-0.2, -0.15) is 0 Å². The molecule has 3 atom stereocenters. The van der Waals surface area contributed by atoms with Crippen molar-refractivity contribution in [1.82, 2.24) is 4.90 Å². The summed E-state index contributed by atoms with van der Waals surface area (Å²) in [5.74, 6) is 1.31. The number of fused-ring (bicyclic) bond motifs is 3. The second-order valence-corrected chi connectivity index (χ2v) is 9.64. The molecule has 0 radical (unpaired) electrons. The lowest BCUT2D eigenvalue weighted by Crippen LogP contribution is -2.37. The Morgan fingerprint density at radius 2 is 1.78 bits per heavy atom. The molecule has 0 saturated heterocycles. The molecular weight excluding hydrogens is 474 g/mol. The summed E-state index contributed by atoms with van der Waals surface area (Å²) in [5, 5.41) is 12.2. The predicted molar refractivity (Wildman–Crippen MR) is 136 cm³/mol. The maximum absolute atomic E-state index is 12.2. The lowest BCUT2D eigenvalue weighted by molar-refractivity contribution is -0.234. The number of rotatable bonds is 6. The van der Waals surface area contributed by atoms with E-state index >= 15 is 0 Å². The normalized spacial score (nSPS) is 23.9. The van der Waals surface area contributed by atoms with Gasteiger partial charge >= 0.3 is 0 Å². The van der Waals surface area contributed by atoms with Crippen LogP contribution in [0.3, 0.4) is 0 Å². The van der Waals surface area contributed by atoms with Crippen molar-refractivity contribution in [2.75, 3.05) is 41.7 Å². The standard InChI is InChI=1S/C29H31NO7/c1-30-13-12-18-14-21-27(36-16-35-21)28(34-4)22(18)24(30)25-19-10-11-20(32-2)26(33-3)23(19)29(31,37-25)15-17-8-6-5-7-9-17/h5-11,14,24-25,31H,12-13,15-16H2,1-4H3/t24-,25-,29-/m0/s1. The minimum atomic E-state index is -1.64. The Labute approximate surface area is 216 Å². The summed E-state index contributed by atoms with van der Waals surface area (Å²) in [7, 11) is 6.88. The van der Waals surface area contributed by atoms with Crippen LogP contribution in [-0.2, 0) is 23.4 Å². The van der Waals surface area contributed by atoms with E-state index in [1.807, 2.05) is 48.5 Å². The van der Waals surface area contributed by atoms with E-state index in [0.717, 1.165) is 35.2 Å². The molecule has 37 heavy (non-hydrogen) atoms. The molecular formula is C29H31NO7. The van der Waals surface area contributed by atoms with Crippen molar-refractivity contribution >= 4 is 0 Å². The second kappa shape index (κ2) is 9.13. The van der Waals surface area contributed by atoms with Gasteiger partial charge in [0.2, 0.25) is 18.3 Å². The highest BCUT2D eigenvalue weighted by Crippen LogP contribution is 2.59. The molecule has 0 aromatic heterocycles. The molecule has 194 valence electrons. The van der Waals surface area contributed by atoms with Crippen molar-refractivity contribution in [3.05, 3.63) is 76.3 Å². The molecule has 0 fully saturated rings. The van der Waals surface area contributed by atoms with Gasteiger partial charge in [0.15, 0.2) is 23.0 Å². The van der Waals surface area contributed by atoms with Crippen LogP contribution in [0.5, 0.6) is 28.7 Å². The molecule has 0 aliphatic carbocycles. The summed E-state index contributed by atoms with van der Waals surface area (Å²) >= 11 is 0. The number of ether oxygens (including phenoxy) is 6. The summed E-state index contributed by atoms with van der Waals surface area (Å²) in [5.41, 5.74) is 4.48. The molecule has 0 amide bonds. The van der Waals surface area contributed by atoms with E-state index in [1.165, 1.54) is 0 Å². The first-order valence-electron chi connectivity index (χ1n) is 12.4. The number of hydrogen-bond acceptors (Lipinski definition) is 8. The minimum absolute atomic E-state index is 0.158. The lowest BCUT2D eigenvalue weighted by atomic mass is 9.84. The number of hydrogen-bond donors (Lipinski definition) is 1. The molecule has 3 aromatic rings. The molecule has 3 heterocycles. The molecule has 3 aliphatic heterocycles. The van der Waals surface area contributed by atoms with Gasteiger partial charge < -0.3 is 33.5 Å². The first kappa shape index (κ1) is 23.9. The number of methoxy groups -OCH3 is 3. The van der Waals surface area contributed by atoms with Gasteiger partial charge in [-0.1, -0.05) is 36.4 Å². The first-order chi connectivity index (χ1) is 18.0. The Morgan fingerprint density at radius 3 is 2.51 bits per heavy atom. The van der Waals surface area contributed by atoms with Gasteiger partial charge in [-0.25, -0.2) is 0 Å². The molecule has 0 saturated carbocycles. The zero-order valence-corrected chi connectivity index (χ0v) is 21.4. The monoisotopic (exact) mass is 505 g/mol. The van der Waals surface area contributed by atoms with Crippen LogP contribution >= 0.6 is 0 Å². The Kier molecular flexibility index (Phi) is 5.90. The highest BCUT2D eigenvalue weighted by molar-refractivity contribution is 5.63. The van der Waals surface area contributed by atoms with Crippen LogP contribution in [0.15, 0.2) is 48.5 Å². The Morgan fingerprint density at radius 1 is 1.00 bits per heavy atom. The zero-order chi connectivity index (χ0) is 25.7. The fourth-order valence-corrected chi connectivity index (χ4v) is 6.00. The second-order valence-electron chi connectivity index (χ2n) is 9.64. The Bertz CT molecular complexity index is 1330. The van der Waals surface area contributed by atoms with Gasteiger partial charge in [0.05, 0.1) is 32.9 Å². The smallest absolute Gasteiger partial charge is 0.231 e. The van der Waals surface area contributed by atoms with Crippen molar-refractivity contribution < 1.29 is 33.5 Å². The number of benzene rings is 3. The topological polar surface area (TPSA) is 78.9 Å². The van der Waals surface area contributed by atoms with Crippen molar-refractivity contribution in [2.45, 2.75) is 30.8 Å². The van der Waals surface area contributed by atoms with Gasteiger partial charge in [-0.15, -0.1) is 0 Å². The summed E-state index contributed by atoms with van der Waals surface area (Å²) in [4.78, 5) is 2.24. The third-order valence-electron chi connectivity index (χ3n) is 7.62. The van der Waals surface area contributed by atoms with E-state index in [-0.39, 0.29) is 19.3 Å². The Hall–Kier alpha value is -3.46. The maximum atomic E-state index is 12.2. The van der Waals surface area contributed by atoms with Gasteiger partial charge in [-0.05, 0) is 42.3 Å². The van der Waals surface area contributed by atoms with Crippen LogP contribution in [-0.4, -0.2) is 51.7 Å². The quantitative estimate of drug-likeness (QED) is 0.536. The fourth-order valence-electron chi connectivity index (χ4n) is 6.00. The van der Waals surface area contributed by atoms with Crippen LogP contribution in [0.2, 0.25) is 0 Å². The number of nitrogens with zero attached hydrogens (tertiary/aromatic N) is 1. The van der Waals surface area contributed by atoms with Gasteiger partial charge in [0.1, 0.15) is 6.10 Å². The Balaban J connectivity index is 1.53. The maximum Gasteiger partial charge on any atom is 0.231 e. The summed E-state index contributed by atoms with van der Waals surface area (Å²) in [6, 6.07) is 15.4. The highest BCUT2D eigenvalue weighted by atomic mass is 16.7. The van der Waals surface area contributed by atoms with E-state index in [0.29, 0.717) is 34.3 Å². The van der Waals surface area contributed by atoms with Crippen LogP contribution in [0.1, 0.15) is 40.0 Å². The SMILES string of the molecule is COc1ccc2c(c1OC)[C@](O)(Cc1ccccc1)O[C@@H]2[C@@H]1c2c(cc3c(c2OC)OCO3)CCN1C. The molecule has 0 bridgehead atoms. The third kappa shape index (κ3) is 3.70. The number of likely N-dealkylation sites (N-methyl/N-ethyl adjacent to an activating group) is 1. The predicted octanol–water partition coefficient (Wildman–Crippen LogP) is 4.13. The van der Waals surface area contributed by atoms with Crippen LogP contribution in [0.25, 0.3) is 0 Å². The van der Waals surface area contributed by atoms with Gasteiger partial charge in [0.25, 0.3) is 0 Å². The molecule has 3 aliphatic rings. The molecule has 6 rings (SSSR count). The molecule has 8 heteroatoms. The molecule has 3 aromatic carbocycles. The average Bonchev–Trinajstić information content (AvgIpc) is 3.49. The summed E-state index contributed by atoms with van der Waals surface area (Å²) in [6.07, 6.45) is 0.569. The van der Waals surface area contributed by atoms with Crippen LogP contribution < -0.4 is 23.7 Å². The minimum Gasteiger partial charge on any atom is -0.493 e. The van der Waals surface area contributed by atoms with E-state index in [9.17, 15) is 5.11 Å². The highest BCUT2D eigenvalue weighted by Gasteiger charge is 2.52. The van der Waals surface area contributed by atoms with E-state index < -0.39 is 11.9 Å². The van der Waals surface area contributed by atoms with Crippen molar-refractivity contribution in [1.29, 1.82) is 0 Å². The van der Waals surface area contributed by atoms with E-state index in [4.69, 9.17) is 28.4 Å². The van der Waals surface area contributed by atoms with Crippen molar-refractivity contribution in [3.63, 3.8) is 0 Å². The van der Waals surface area contributed by atoms with Crippen molar-refractivity contribution in [3.8, 4) is 28.7 Å². The van der Waals surface area contributed by atoms with E-state index in [2.05, 4.69) is 11.9 Å². The third-order valence-corrected chi connectivity index (χ3v) is 7.62. The lowest BCUT2D eigenvalue weighted by Gasteiger charge is -2.39. The molecule has 1 N–H and O–H groups in total. The summed E-state index contributed by atoms with van der Waals surface area (Å²) < 4.78 is 35.5. The molecule has 0 unspecified atom stereocenters. The van der Waals surface area contributed by atoms with Crippen molar-refractivity contribution in [2.24, 2.45) is 0 Å².